The topological polar surface area (TPSA) is 102 Å². The predicted octanol–water partition coefficient (Wildman–Crippen LogP) is 2.13. The summed E-state index contributed by atoms with van der Waals surface area (Å²) < 4.78 is 28.3. The number of benzene rings is 2. The molecule has 0 unspecified atom stereocenters. The van der Waals surface area contributed by atoms with E-state index in [4.69, 9.17) is 9.88 Å². The normalized spacial score (nSPS) is 14.7. The Labute approximate surface area is 171 Å². The molecule has 29 heavy (non-hydrogen) atoms. The van der Waals surface area contributed by atoms with Gasteiger partial charge in [-0.15, -0.1) is 0 Å². The standard InChI is InChI=1S/C21H27N3O4S/c22-29(26,27)20-9-7-18(8-10-20)21(25)23-11-4-14-28-19-6-3-5-17(15-19)16-24-12-1-2-13-24/h3,5-10,15H,1-2,4,11-14,16H2,(H,23,25)(H2,22,26,27). The molecule has 0 bridgehead atoms. The van der Waals surface area contributed by atoms with Gasteiger partial charge in [0, 0.05) is 18.7 Å². The number of ether oxygens (including phenoxy) is 1. The fourth-order valence-electron chi connectivity index (χ4n) is 3.29. The molecule has 7 nitrogen and oxygen atoms in total. The van der Waals surface area contributed by atoms with Gasteiger partial charge in [0.15, 0.2) is 0 Å². The van der Waals surface area contributed by atoms with E-state index in [-0.39, 0.29) is 10.8 Å². The highest BCUT2D eigenvalue weighted by Gasteiger charge is 2.12. The van der Waals surface area contributed by atoms with E-state index in [1.165, 1.54) is 42.7 Å². The predicted molar refractivity (Wildman–Crippen MR) is 111 cm³/mol. The van der Waals surface area contributed by atoms with Crippen LogP contribution in [0.4, 0.5) is 0 Å². The third-order valence-corrected chi connectivity index (χ3v) is 5.75. The van der Waals surface area contributed by atoms with Gasteiger partial charge in [-0.05, 0) is 74.3 Å². The quantitative estimate of drug-likeness (QED) is 0.609. The van der Waals surface area contributed by atoms with Crippen molar-refractivity contribution in [1.29, 1.82) is 0 Å². The highest BCUT2D eigenvalue weighted by molar-refractivity contribution is 7.89. The number of rotatable bonds is 9. The number of nitrogens with two attached hydrogens (primary N) is 1. The van der Waals surface area contributed by atoms with Crippen molar-refractivity contribution < 1.29 is 17.9 Å². The molecule has 0 radical (unpaired) electrons. The molecule has 0 spiro atoms. The highest BCUT2D eigenvalue weighted by atomic mass is 32.2. The van der Waals surface area contributed by atoms with Crippen LogP contribution < -0.4 is 15.2 Å². The molecule has 0 aromatic heterocycles. The Morgan fingerprint density at radius 2 is 1.83 bits per heavy atom. The molecule has 1 saturated heterocycles. The second-order valence-corrected chi connectivity index (χ2v) is 8.72. The molecule has 3 N–H and O–H groups in total. The van der Waals surface area contributed by atoms with Gasteiger partial charge in [-0.3, -0.25) is 9.69 Å². The van der Waals surface area contributed by atoms with Crippen molar-refractivity contribution in [1.82, 2.24) is 10.2 Å². The zero-order chi connectivity index (χ0) is 20.7. The van der Waals surface area contributed by atoms with E-state index in [0.717, 1.165) is 25.4 Å². The van der Waals surface area contributed by atoms with E-state index in [1.807, 2.05) is 12.1 Å². The van der Waals surface area contributed by atoms with Crippen molar-refractivity contribution in [3.05, 3.63) is 59.7 Å². The Morgan fingerprint density at radius 1 is 1.10 bits per heavy atom. The maximum absolute atomic E-state index is 12.1. The van der Waals surface area contributed by atoms with Crippen LogP contribution in [0.25, 0.3) is 0 Å². The minimum absolute atomic E-state index is 0.0191. The van der Waals surface area contributed by atoms with Crippen LogP contribution >= 0.6 is 0 Å². The molecular formula is C21H27N3O4S. The fourth-order valence-corrected chi connectivity index (χ4v) is 3.81. The van der Waals surface area contributed by atoms with E-state index in [2.05, 4.69) is 22.3 Å². The lowest BCUT2D eigenvalue weighted by Gasteiger charge is -2.15. The first kappa shape index (κ1) is 21.3. The molecule has 8 heteroatoms. The van der Waals surface area contributed by atoms with Crippen LogP contribution in [0.5, 0.6) is 5.75 Å². The summed E-state index contributed by atoms with van der Waals surface area (Å²) in [6, 6.07) is 13.7. The van der Waals surface area contributed by atoms with E-state index in [0.29, 0.717) is 25.1 Å². The Morgan fingerprint density at radius 3 is 2.52 bits per heavy atom. The number of amides is 1. The lowest BCUT2D eigenvalue weighted by molar-refractivity contribution is 0.0951. The minimum atomic E-state index is -3.76. The van der Waals surface area contributed by atoms with Gasteiger partial charge in [-0.2, -0.15) is 0 Å². The lowest BCUT2D eigenvalue weighted by Crippen LogP contribution is -2.25. The molecule has 0 atom stereocenters. The molecule has 3 rings (SSSR count). The third-order valence-electron chi connectivity index (χ3n) is 4.82. The maximum atomic E-state index is 12.1. The van der Waals surface area contributed by atoms with Crippen LogP contribution in [0.2, 0.25) is 0 Å². The van der Waals surface area contributed by atoms with Crippen LogP contribution in [-0.2, 0) is 16.6 Å². The highest BCUT2D eigenvalue weighted by Crippen LogP contribution is 2.17. The monoisotopic (exact) mass is 417 g/mol. The van der Waals surface area contributed by atoms with E-state index in [9.17, 15) is 13.2 Å². The summed E-state index contributed by atoms with van der Waals surface area (Å²) in [5, 5.41) is 7.85. The first-order chi connectivity index (χ1) is 13.9. The SMILES string of the molecule is NS(=O)(=O)c1ccc(C(=O)NCCCOc2cccc(CN3CCCC3)c2)cc1. The van der Waals surface area contributed by atoms with Gasteiger partial charge in [-0.25, -0.2) is 13.6 Å². The minimum Gasteiger partial charge on any atom is -0.494 e. The average molecular weight is 418 g/mol. The van der Waals surface area contributed by atoms with Gasteiger partial charge in [0.05, 0.1) is 11.5 Å². The molecule has 0 saturated carbocycles. The third kappa shape index (κ3) is 6.56. The first-order valence-electron chi connectivity index (χ1n) is 9.77. The number of primary sulfonamides is 1. The maximum Gasteiger partial charge on any atom is 0.251 e. The fraction of sp³-hybridized carbons (Fsp3) is 0.381. The zero-order valence-electron chi connectivity index (χ0n) is 16.3. The van der Waals surface area contributed by atoms with Gasteiger partial charge in [0.1, 0.15) is 5.75 Å². The molecule has 1 aliphatic heterocycles. The number of carbonyl (C=O) groups excluding carboxylic acids is 1. The number of carbonyl (C=O) groups is 1. The van der Waals surface area contributed by atoms with Crippen LogP contribution in [0.15, 0.2) is 53.4 Å². The van der Waals surface area contributed by atoms with E-state index < -0.39 is 10.0 Å². The van der Waals surface area contributed by atoms with Crippen LogP contribution in [0.3, 0.4) is 0 Å². The largest absolute Gasteiger partial charge is 0.494 e. The molecule has 2 aromatic carbocycles. The number of hydrogen-bond acceptors (Lipinski definition) is 5. The summed E-state index contributed by atoms with van der Waals surface area (Å²) >= 11 is 0. The van der Waals surface area contributed by atoms with Crippen molar-refractivity contribution >= 4 is 15.9 Å². The number of likely N-dealkylation sites (tertiary alicyclic amines) is 1. The second-order valence-electron chi connectivity index (χ2n) is 7.16. The number of hydrogen-bond donors (Lipinski definition) is 2. The van der Waals surface area contributed by atoms with E-state index >= 15 is 0 Å². The number of nitrogens with one attached hydrogen (secondary N) is 1. The van der Waals surface area contributed by atoms with Crippen LogP contribution in [-0.4, -0.2) is 45.5 Å². The van der Waals surface area contributed by atoms with Crippen LogP contribution in [0.1, 0.15) is 35.2 Å². The van der Waals surface area contributed by atoms with Gasteiger partial charge in [-0.1, -0.05) is 12.1 Å². The molecule has 1 amide bonds. The second kappa shape index (κ2) is 9.87. The van der Waals surface area contributed by atoms with Gasteiger partial charge >= 0.3 is 0 Å². The van der Waals surface area contributed by atoms with Gasteiger partial charge in [0.25, 0.3) is 5.91 Å². The van der Waals surface area contributed by atoms with Crippen molar-refractivity contribution in [2.45, 2.75) is 30.7 Å². The Hall–Kier alpha value is -2.42. The summed E-state index contributed by atoms with van der Waals surface area (Å²) in [6.07, 6.45) is 3.22. The Bertz CT molecular complexity index is 923. The smallest absolute Gasteiger partial charge is 0.251 e. The average Bonchev–Trinajstić information content (AvgIpc) is 3.20. The Balaban J connectivity index is 1.39. The molecular weight excluding hydrogens is 390 g/mol. The molecule has 156 valence electrons. The molecule has 1 aliphatic rings. The summed E-state index contributed by atoms with van der Waals surface area (Å²) in [6.45, 7) is 4.24. The lowest BCUT2D eigenvalue weighted by atomic mass is 10.2. The van der Waals surface area contributed by atoms with Crippen molar-refractivity contribution in [3.8, 4) is 5.75 Å². The summed E-state index contributed by atoms with van der Waals surface area (Å²) in [7, 11) is -3.76. The van der Waals surface area contributed by atoms with Crippen LogP contribution in [0, 0.1) is 0 Å². The first-order valence-corrected chi connectivity index (χ1v) is 11.3. The van der Waals surface area contributed by atoms with Crippen molar-refractivity contribution in [2.75, 3.05) is 26.2 Å². The van der Waals surface area contributed by atoms with Gasteiger partial charge in [0.2, 0.25) is 10.0 Å². The summed E-state index contributed by atoms with van der Waals surface area (Å²) in [4.78, 5) is 14.5. The number of nitrogens with zero attached hydrogens (tertiary/aromatic N) is 1. The number of sulfonamides is 1. The van der Waals surface area contributed by atoms with E-state index in [1.54, 1.807) is 0 Å². The molecule has 1 fully saturated rings. The molecule has 2 aromatic rings. The summed E-state index contributed by atoms with van der Waals surface area (Å²) in [5.41, 5.74) is 1.63. The van der Waals surface area contributed by atoms with Crippen molar-refractivity contribution in [3.63, 3.8) is 0 Å². The molecule has 0 aliphatic carbocycles. The van der Waals surface area contributed by atoms with Gasteiger partial charge < -0.3 is 10.1 Å². The zero-order valence-corrected chi connectivity index (χ0v) is 17.2. The summed E-state index contributed by atoms with van der Waals surface area (Å²) in [5.74, 6) is 0.574. The van der Waals surface area contributed by atoms with Crippen molar-refractivity contribution in [2.24, 2.45) is 5.14 Å². The molecule has 1 heterocycles. The Kier molecular flexibility index (Phi) is 7.24.